The van der Waals surface area contributed by atoms with Gasteiger partial charge in [-0.25, -0.2) is 0 Å². The average Bonchev–Trinajstić information content (AvgIpc) is 2.95. The monoisotopic (exact) mass is 408 g/mol. The summed E-state index contributed by atoms with van der Waals surface area (Å²) in [6, 6.07) is 18.4. The van der Waals surface area contributed by atoms with Gasteiger partial charge >= 0.3 is 0 Å². The van der Waals surface area contributed by atoms with Gasteiger partial charge in [-0.2, -0.15) is 0 Å². The summed E-state index contributed by atoms with van der Waals surface area (Å²) in [5, 5.41) is 0.0207. The van der Waals surface area contributed by atoms with Crippen molar-refractivity contribution in [2.45, 2.75) is 9.16 Å². The molecule has 7 heteroatoms. The summed E-state index contributed by atoms with van der Waals surface area (Å²) in [4.78, 5) is 24.8. The fourth-order valence-corrected chi connectivity index (χ4v) is 8.79. The number of carbonyl (C=O) groups is 2. The van der Waals surface area contributed by atoms with E-state index in [4.69, 9.17) is 12.2 Å². The predicted molar refractivity (Wildman–Crippen MR) is 112 cm³/mol. The minimum absolute atomic E-state index is 0.0103. The Kier molecular flexibility index (Phi) is 6.46. The Bertz CT molecular complexity index is 685. The molecule has 2 aromatic carbocycles. The fourth-order valence-electron chi connectivity index (χ4n) is 1.98. The van der Waals surface area contributed by atoms with Crippen molar-refractivity contribution < 1.29 is 9.59 Å². The van der Waals surface area contributed by atoms with Crippen LogP contribution in [0.25, 0.3) is 0 Å². The smallest absolute Gasteiger partial charge is 0.220 e. The van der Waals surface area contributed by atoms with Crippen LogP contribution in [0.4, 0.5) is 0 Å². The first kappa shape index (κ1) is 18.1. The lowest BCUT2D eigenvalue weighted by molar-refractivity contribution is 0.108. The molecule has 0 aliphatic carbocycles. The molecule has 0 radical (unpaired) electrons. The summed E-state index contributed by atoms with van der Waals surface area (Å²) in [5.41, 5.74) is 1.34. The number of thioether (sulfide) groups is 4. The van der Waals surface area contributed by atoms with Crippen molar-refractivity contribution in [1.29, 1.82) is 0 Å². The van der Waals surface area contributed by atoms with Crippen LogP contribution in [0.5, 0.6) is 0 Å². The molecule has 0 bridgehead atoms. The normalized spacial score (nSPS) is 20.1. The molecule has 0 aromatic heterocycles. The Morgan fingerprint density at radius 2 is 1.12 bits per heavy atom. The summed E-state index contributed by atoms with van der Waals surface area (Å²) < 4.78 is 0.660. The van der Waals surface area contributed by atoms with Crippen LogP contribution < -0.4 is 0 Å². The minimum Gasteiger partial charge on any atom is -0.282 e. The van der Waals surface area contributed by atoms with E-state index in [0.717, 1.165) is 3.53 Å². The summed E-state index contributed by atoms with van der Waals surface area (Å²) >= 11 is 10.8. The first-order valence-electron chi connectivity index (χ1n) is 7.03. The standard InChI is InChI=1S/C17H12O2S5/c18-13(11-7-3-1-4-8-11)21-15-16(24-17(20)23-15)22-14(19)12-9-5-2-6-10-12/h1-10,15-16H. The summed E-state index contributed by atoms with van der Waals surface area (Å²) in [6.07, 6.45) is 0. The van der Waals surface area contributed by atoms with Crippen LogP contribution in [0, 0.1) is 0 Å². The second kappa shape index (κ2) is 8.58. The zero-order chi connectivity index (χ0) is 16.9. The van der Waals surface area contributed by atoms with E-state index < -0.39 is 0 Å². The number of hydrogen-bond donors (Lipinski definition) is 0. The van der Waals surface area contributed by atoms with E-state index in [2.05, 4.69) is 0 Å². The molecule has 1 aliphatic heterocycles. The van der Waals surface area contributed by atoms with Crippen LogP contribution in [0.2, 0.25) is 0 Å². The van der Waals surface area contributed by atoms with Crippen molar-refractivity contribution in [2.75, 3.05) is 0 Å². The van der Waals surface area contributed by atoms with E-state index >= 15 is 0 Å². The third kappa shape index (κ3) is 4.67. The molecule has 2 atom stereocenters. The Balaban J connectivity index is 1.67. The average molecular weight is 409 g/mol. The SMILES string of the molecule is O=C(SC1SC(=S)SC1SC(=O)c1ccccc1)c1ccccc1. The number of carbonyl (C=O) groups excluding carboxylic acids is 2. The third-order valence-electron chi connectivity index (χ3n) is 3.11. The summed E-state index contributed by atoms with van der Waals surface area (Å²) in [5.74, 6) is 0. The highest BCUT2D eigenvalue weighted by atomic mass is 32.3. The number of benzene rings is 2. The lowest BCUT2D eigenvalue weighted by Crippen LogP contribution is -2.13. The Hall–Kier alpha value is -0.730. The molecule has 1 fully saturated rings. The molecule has 122 valence electrons. The van der Waals surface area contributed by atoms with Crippen LogP contribution in [-0.4, -0.2) is 22.9 Å². The van der Waals surface area contributed by atoms with Crippen molar-refractivity contribution in [3.8, 4) is 0 Å². The highest BCUT2D eigenvalue weighted by molar-refractivity contribution is 8.56. The van der Waals surface area contributed by atoms with Crippen LogP contribution in [-0.2, 0) is 0 Å². The predicted octanol–water partition coefficient (Wildman–Crippen LogP) is 5.55. The van der Waals surface area contributed by atoms with Gasteiger partial charge in [0.15, 0.2) is 0 Å². The molecule has 2 nitrogen and oxygen atoms in total. The van der Waals surface area contributed by atoms with Gasteiger partial charge in [-0.15, -0.1) is 0 Å². The summed E-state index contributed by atoms with van der Waals surface area (Å²) in [7, 11) is 0. The van der Waals surface area contributed by atoms with E-state index in [-0.39, 0.29) is 19.4 Å². The van der Waals surface area contributed by atoms with Crippen molar-refractivity contribution in [3.63, 3.8) is 0 Å². The van der Waals surface area contributed by atoms with Crippen LogP contribution in [0.3, 0.4) is 0 Å². The van der Waals surface area contributed by atoms with Gasteiger partial charge in [0, 0.05) is 11.1 Å². The molecule has 0 spiro atoms. The first-order valence-corrected chi connectivity index (χ1v) is 11.0. The van der Waals surface area contributed by atoms with Crippen LogP contribution in [0.1, 0.15) is 20.7 Å². The molecule has 2 unspecified atom stereocenters. The quantitative estimate of drug-likeness (QED) is 0.613. The molecular weight excluding hydrogens is 397 g/mol. The topological polar surface area (TPSA) is 34.1 Å². The largest absolute Gasteiger partial charge is 0.282 e. The van der Waals surface area contributed by atoms with E-state index in [9.17, 15) is 9.59 Å². The van der Waals surface area contributed by atoms with Gasteiger partial charge in [0.25, 0.3) is 0 Å². The van der Waals surface area contributed by atoms with Gasteiger partial charge in [0.2, 0.25) is 10.2 Å². The van der Waals surface area contributed by atoms with Gasteiger partial charge in [-0.05, 0) is 0 Å². The third-order valence-corrected chi connectivity index (χ3v) is 9.41. The van der Waals surface area contributed by atoms with E-state index in [1.54, 1.807) is 24.3 Å². The van der Waals surface area contributed by atoms with Crippen molar-refractivity contribution >= 4 is 73.0 Å². The maximum atomic E-state index is 12.4. The van der Waals surface area contributed by atoms with Crippen molar-refractivity contribution in [1.82, 2.24) is 0 Å². The van der Waals surface area contributed by atoms with Gasteiger partial charge < -0.3 is 0 Å². The molecule has 0 saturated carbocycles. The molecular formula is C17H12O2S5. The lowest BCUT2D eigenvalue weighted by atomic mass is 10.2. The molecule has 1 aliphatic rings. The van der Waals surface area contributed by atoms with Crippen LogP contribution >= 0.6 is 59.3 Å². The van der Waals surface area contributed by atoms with Crippen molar-refractivity contribution in [2.24, 2.45) is 0 Å². The molecule has 24 heavy (non-hydrogen) atoms. The van der Waals surface area contributed by atoms with Gasteiger partial charge in [0.05, 0.1) is 9.16 Å². The highest BCUT2D eigenvalue weighted by Crippen LogP contribution is 2.50. The van der Waals surface area contributed by atoms with E-state index in [1.807, 2.05) is 36.4 Å². The molecule has 0 N–H and O–H groups in total. The molecule has 1 saturated heterocycles. The Morgan fingerprint density at radius 1 is 0.750 bits per heavy atom. The molecule has 1 heterocycles. The zero-order valence-corrected chi connectivity index (χ0v) is 16.4. The van der Waals surface area contributed by atoms with Gasteiger partial charge in [-0.3, -0.25) is 9.59 Å². The number of rotatable bonds is 4. The molecule has 2 aromatic rings. The minimum atomic E-state index is -0.0622. The fraction of sp³-hybridized carbons (Fsp3) is 0.118. The van der Waals surface area contributed by atoms with Gasteiger partial charge in [-0.1, -0.05) is 120 Å². The number of thiocarbonyl (C=S) groups is 1. The molecule has 0 amide bonds. The Labute approximate surface area is 162 Å². The van der Waals surface area contributed by atoms with Crippen LogP contribution in [0.15, 0.2) is 60.7 Å². The Morgan fingerprint density at radius 3 is 1.50 bits per heavy atom. The van der Waals surface area contributed by atoms with E-state index in [1.165, 1.54) is 47.0 Å². The summed E-state index contributed by atoms with van der Waals surface area (Å²) in [6.45, 7) is 0. The second-order valence-corrected chi connectivity index (χ2v) is 11.1. The van der Waals surface area contributed by atoms with Gasteiger partial charge in [0.1, 0.15) is 3.53 Å². The van der Waals surface area contributed by atoms with E-state index in [0.29, 0.717) is 11.1 Å². The number of hydrogen-bond acceptors (Lipinski definition) is 7. The molecule has 3 rings (SSSR count). The lowest BCUT2D eigenvalue weighted by Gasteiger charge is -2.14. The highest BCUT2D eigenvalue weighted by Gasteiger charge is 2.37. The van der Waals surface area contributed by atoms with Crippen molar-refractivity contribution in [3.05, 3.63) is 71.8 Å². The maximum Gasteiger partial charge on any atom is 0.220 e. The zero-order valence-electron chi connectivity index (χ0n) is 12.3. The maximum absolute atomic E-state index is 12.4. The second-order valence-electron chi connectivity index (χ2n) is 4.77. The first-order chi connectivity index (χ1) is 11.6.